The van der Waals surface area contributed by atoms with Gasteiger partial charge in [-0.05, 0) is 31.5 Å². The molecule has 17 heavy (non-hydrogen) atoms. The van der Waals surface area contributed by atoms with Gasteiger partial charge in [0.2, 0.25) is 0 Å². The zero-order chi connectivity index (χ0) is 12.3. The fourth-order valence-electron chi connectivity index (χ4n) is 1.72. The standard InChI is InChI=1S/C13H18FNO2/c1-13(2)16-8-12(9-17-13)15-7-10-4-3-5-11(14)6-10/h3-6,12,15H,7-9H2,1-2H3. The Morgan fingerprint density at radius 3 is 2.71 bits per heavy atom. The minimum absolute atomic E-state index is 0.159. The van der Waals surface area contributed by atoms with Crippen molar-refractivity contribution in [1.82, 2.24) is 5.32 Å². The van der Waals surface area contributed by atoms with Crippen LogP contribution in [0.4, 0.5) is 4.39 Å². The second-order valence-corrected chi connectivity index (χ2v) is 4.73. The van der Waals surface area contributed by atoms with E-state index in [0.717, 1.165) is 5.56 Å². The summed E-state index contributed by atoms with van der Waals surface area (Å²) in [6.07, 6.45) is 0. The summed E-state index contributed by atoms with van der Waals surface area (Å²) in [6, 6.07) is 6.74. The highest BCUT2D eigenvalue weighted by atomic mass is 19.1. The molecule has 0 amide bonds. The summed E-state index contributed by atoms with van der Waals surface area (Å²) in [5.74, 6) is -0.696. The van der Waals surface area contributed by atoms with E-state index in [0.29, 0.717) is 19.8 Å². The molecule has 0 atom stereocenters. The first kappa shape index (κ1) is 12.5. The number of hydrogen-bond acceptors (Lipinski definition) is 3. The number of ether oxygens (including phenoxy) is 2. The molecule has 4 heteroatoms. The highest BCUT2D eigenvalue weighted by Crippen LogP contribution is 2.17. The van der Waals surface area contributed by atoms with E-state index in [9.17, 15) is 4.39 Å². The quantitative estimate of drug-likeness (QED) is 0.876. The van der Waals surface area contributed by atoms with Crippen molar-refractivity contribution in [3.05, 3.63) is 35.6 Å². The molecule has 3 nitrogen and oxygen atoms in total. The lowest BCUT2D eigenvalue weighted by Gasteiger charge is -2.35. The zero-order valence-corrected chi connectivity index (χ0v) is 10.2. The van der Waals surface area contributed by atoms with Crippen LogP contribution < -0.4 is 5.32 Å². The first-order valence-corrected chi connectivity index (χ1v) is 5.81. The molecule has 2 rings (SSSR count). The summed E-state index contributed by atoms with van der Waals surface area (Å²) in [6.45, 7) is 5.64. The van der Waals surface area contributed by atoms with E-state index in [-0.39, 0.29) is 11.9 Å². The van der Waals surface area contributed by atoms with Crippen molar-refractivity contribution < 1.29 is 13.9 Å². The van der Waals surface area contributed by atoms with Gasteiger partial charge in [-0.15, -0.1) is 0 Å². The third-order valence-corrected chi connectivity index (χ3v) is 2.75. The Kier molecular flexibility index (Phi) is 3.76. The molecule has 0 aliphatic carbocycles. The lowest BCUT2D eigenvalue weighted by molar-refractivity contribution is -0.253. The van der Waals surface area contributed by atoms with Gasteiger partial charge in [-0.3, -0.25) is 0 Å². The molecule has 0 radical (unpaired) electrons. The third-order valence-electron chi connectivity index (χ3n) is 2.75. The molecule has 1 fully saturated rings. The van der Waals surface area contributed by atoms with Crippen LogP contribution in [0.5, 0.6) is 0 Å². The van der Waals surface area contributed by atoms with E-state index in [4.69, 9.17) is 9.47 Å². The van der Waals surface area contributed by atoms with Crippen LogP contribution in [0.2, 0.25) is 0 Å². The number of halogens is 1. The molecule has 94 valence electrons. The average Bonchev–Trinajstić information content (AvgIpc) is 2.28. The molecular weight excluding hydrogens is 221 g/mol. The smallest absolute Gasteiger partial charge is 0.162 e. The monoisotopic (exact) mass is 239 g/mol. The minimum Gasteiger partial charge on any atom is -0.349 e. The molecule has 0 unspecified atom stereocenters. The first-order chi connectivity index (χ1) is 8.05. The van der Waals surface area contributed by atoms with Crippen molar-refractivity contribution in [1.29, 1.82) is 0 Å². The van der Waals surface area contributed by atoms with Gasteiger partial charge in [0.15, 0.2) is 5.79 Å². The molecule has 0 bridgehead atoms. The van der Waals surface area contributed by atoms with Crippen LogP contribution in [0.3, 0.4) is 0 Å². The number of hydrogen-bond donors (Lipinski definition) is 1. The lowest BCUT2D eigenvalue weighted by Crippen LogP contribution is -2.48. The molecule has 0 spiro atoms. The molecule has 1 aliphatic heterocycles. The van der Waals surface area contributed by atoms with Gasteiger partial charge in [0.05, 0.1) is 19.3 Å². The van der Waals surface area contributed by atoms with Gasteiger partial charge in [0.25, 0.3) is 0 Å². The van der Waals surface area contributed by atoms with Gasteiger partial charge in [0.1, 0.15) is 5.82 Å². The van der Waals surface area contributed by atoms with E-state index in [1.54, 1.807) is 6.07 Å². The Hall–Kier alpha value is -0.970. The van der Waals surface area contributed by atoms with Crippen LogP contribution in [-0.2, 0) is 16.0 Å². The maximum atomic E-state index is 13.0. The van der Waals surface area contributed by atoms with Crippen molar-refractivity contribution in [3.8, 4) is 0 Å². The van der Waals surface area contributed by atoms with Crippen molar-refractivity contribution in [3.63, 3.8) is 0 Å². The van der Waals surface area contributed by atoms with Crippen LogP contribution in [0.25, 0.3) is 0 Å². The molecular formula is C13H18FNO2. The summed E-state index contributed by atoms with van der Waals surface area (Å²) in [7, 11) is 0. The highest BCUT2D eigenvalue weighted by Gasteiger charge is 2.27. The fraction of sp³-hybridized carbons (Fsp3) is 0.538. The van der Waals surface area contributed by atoms with Crippen LogP contribution in [0, 0.1) is 5.82 Å². The van der Waals surface area contributed by atoms with Gasteiger partial charge in [0, 0.05) is 6.54 Å². The van der Waals surface area contributed by atoms with Crippen molar-refractivity contribution in [2.24, 2.45) is 0 Å². The van der Waals surface area contributed by atoms with Gasteiger partial charge in [-0.2, -0.15) is 0 Å². The summed E-state index contributed by atoms with van der Waals surface area (Å²) in [5.41, 5.74) is 0.926. The maximum Gasteiger partial charge on any atom is 0.162 e. The second kappa shape index (κ2) is 5.12. The maximum absolute atomic E-state index is 13.0. The van der Waals surface area contributed by atoms with Crippen molar-refractivity contribution in [2.75, 3.05) is 13.2 Å². The van der Waals surface area contributed by atoms with Crippen molar-refractivity contribution in [2.45, 2.75) is 32.2 Å². The molecule has 1 N–H and O–H groups in total. The van der Waals surface area contributed by atoms with E-state index >= 15 is 0 Å². The minimum atomic E-state index is -0.489. The van der Waals surface area contributed by atoms with Gasteiger partial charge in [-0.1, -0.05) is 12.1 Å². The first-order valence-electron chi connectivity index (χ1n) is 5.81. The van der Waals surface area contributed by atoms with E-state index in [1.165, 1.54) is 12.1 Å². The normalized spacial score (nSPS) is 20.4. The van der Waals surface area contributed by atoms with Gasteiger partial charge < -0.3 is 14.8 Å². The summed E-state index contributed by atoms with van der Waals surface area (Å²) in [5, 5.41) is 3.29. The Bertz CT molecular complexity index is 371. The van der Waals surface area contributed by atoms with Crippen LogP contribution >= 0.6 is 0 Å². The number of rotatable bonds is 3. The zero-order valence-electron chi connectivity index (χ0n) is 10.2. The largest absolute Gasteiger partial charge is 0.349 e. The van der Waals surface area contributed by atoms with E-state index in [2.05, 4.69) is 5.32 Å². The van der Waals surface area contributed by atoms with Crippen LogP contribution in [0.15, 0.2) is 24.3 Å². The number of benzene rings is 1. The fourth-order valence-corrected chi connectivity index (χ4v) is 1.72. The molecule has 0 aromatic heterocycles. The Morgan fingerprint density at radius 2 is 2.06 bits per heavy atom. The molecule has 1 aliphatic rings. The van der Waals surface area contributed by atoms with E-state index < -0.39 is 5.79 Å². The molecule has 1 aromatic carbocycles. The van der Waals surface area contributed by atoms with Gasteiger partial charge >= 0.3 is 0 Å². The summed E-state index contributed by atoms with van der Waals surface area (Å²) < 4.78 is 24.0. The third kappa shape index (κ3) is 3.77. The van der Waals surface area contributed by atoms with Crippen LogP contribution in [-0.4, -0.2) is 25.0 Å². The summed E-state index contributed by atoms with van der Waals surface area (Å²) in [4.78, 5) is 0. The Morgan fingerprint density at radius 1 is 1.35 bits per heavy atom. The molecule has 1 aromatic rings. The SMILES string of the molecule is CC1(C)OCC(NCc2cccc(F)c2)CO1. The van der Waals surface area contributed by atoms with Crippen LogP contribution in [0.1, 0.15) is 19.4 Å². The average molecular weight is 239 g/mol. The molecule has 1 heterocycles. The molecule has 1 saturated heterocycles. The predicted molar refractivity (Wildman–Crippen MR) is 63.0 cm³/mol. The van der Waals surface area contributed by atoms with Gasteiger partial charge in [-0.25, -0.2) is 4.39 Å². The highest BCUT2D eigenvalue weighted by molar-refractivity contribution is 5.16. The van der Waals surface area contributed by atoms with E-state index in [1.807, 2.05) is 19.9 Å². The Balaban J connectivity index is 1.80. The predicted octanol–water partition coefficient (Wildman–Crippen LogP) is 2.07. The second-order valence-electron chi connectivity index (χ2n) is 4.73. The summed E-state index contributed by atoms with van der Waals surface area (Å²) >= 11 is 0. The number of nitrogens with one attached hydrogen (secondary N) is 1. The topological polar surface area (TPSA) is 30.5 Å². The molecule has 0 saturated carbocycles. The van der Waals surface area contributed by atoms with Crippen molar-refractivity contribution >= 4 is 0 Å². The lowest BCUT2D eigenvalue weighted by atomic mass is 10.2. The Labute approximate surface area is 101 Å².